The van der Waals surface area contributed by atoms with Gasteiger partial charge in [-0.1, -0.05) is 11.8 Å². The van der Waals surface area contributed by atoms with Crippen molar-refractivity contribution >= 4 is 17.7 Å². The summed E-state index contributed by atoms with van der Waals surface area (Å²) in [7, 11) is 0. The third-order valence-corrected chi connectivity index (χ3v) is 6.02. The van der Waals surface area contributed by atoms with Crippen LogP contribution in [0.3, 0.4) is 0 Å². The highest BCUT2D eigenvalue weighted by Crippen LogP contribution is 2.36. The summed E-state index contributed by atoms with van der Waals surface area (Å²) >= 11 is 1.30. The van der Waals surface area contributed by atoms with Crippen LogP contribution < -0.4 is 9.47 Å². The van der Waals surface area contributed by atoms with Crippen molar-refractivity contribution in [2.75, 3.05) is 6.79 Å². The molecule has 4 rings (SSSR count). The maximum Gasteiger partial charge on any atom is 0.277 e. The number of carbonyl (C=O) groups is 1. The molecule has 3 heterocycles. The fourth-order valence-corrected chi connectivity index (χ4v) is 4.41. The molecule has 1 aromatic heterocycles. The van der Waals surface area contributed by atoms with Gasteiger partial charge in [-0.15, -0.1) is 10.2 Å². The largest absolute Gasteiger partial charge is 0.454 e. The van der Waals surface area contributed by atoms with Crippen LogP contribution in [0.5, 0.6) is 11.5 Å². The molecule has 1 aromatic carbocycles. The van der Waals surface area contributed by atoms with Crippen molar-refractivity contribution in [3.05, 3.63) is 18.2 Å². The van der Waals surface area contributed by atoms with Gasteiger partial charge in [0.1, 0.15) is 0 Å². The Morgan fingerprint density at radius 1 is 1.19 bits per heavy atom. The lowest BCUT2D eigenvalue weighted by Crippen LogP contribution is -2.50. The number of rotatable bonds is 4. The number of fused-ring (bicyclic) bond motifs is 1. The Balaban J connectivity index is 1.45. The Hall–Kier alpha value is -2.22. The normalized spacial score (nSPS) is 22.7. The second-order valence-electron chi connectivity index (χ2n) is 7.08. The maximum absolute atomic E-state index is 12.9. The molecule has 0 unspecified atom stereocenters. The monoisotopic (exact) mass is 389 g/mol. The molecular formula is C19H23N3O4S. The van der Waals surface area contributed by atoms with E-state index >= 15 is 0 Å². The van der Waals surface area contributed by atoms with E-state index in [4.69, 9.17) is 13.9 Å². The number of likely N-dealkylation sites (tertiary alicyclic amines) is 1. The van der Waals surface area contributed by atoms with Gasteiger partial charge in [0.15, 0.2) is 11.5 Å². The highest BCUT2D eigenvalue weighted by atomic mass is 32.2. The van der Waals surface area contributed by atoms with Crippen molar-refractivity contribution in [1.29, 1.82) is 0 Å². The Labute approximate surface area is 162 Å². The van der Waals surface area contributed by atoms with Crippen molar-refractivity contribution in [1.82, 2.24) is 15.1 Å². The number of thioether (sulfide) groups is 1. The highest BCUT2D eigenvalue weighted by molar-refractivity contribution is 8.00. The zero-order valence-corrected chi connectivity index (χ0v) is 16.5. The van der Waals surface area contributed by atoms with Gasteiger partial charge < -0.3 is 18.8 Å². The molecule has 7 nitrogen and oxygen atoms in total. The molecule has 144 valence electrons. The molecule has 0 bridgehead atoms. The summed E-state index contributed by atoms with van der Waals surface area (Å²) in [5.41, 5.74) is 0.760. The van der Waals surface area contributed by atoms with Crippen LogP contribution in [0.1, 0.15) is 40.0 Å². The van der Waals surface area contributed by atoms with Crippen LogP contribution in [-0.4, -0.2) is 45.1 Å². The van der Waals surface area contributed by atoms with Gasteiger partial charge >= 0.3 is 0 Å². The van der Waals surface area contributed by atoms with Crippen LogP contribution in [0, 0.1) is 0 Å². The van der Waals surface area contributed by atoms with Gasteiger partial charge in [-0.2, -0.15) is 0 Å². The predicted molar refractivity (Wildman–Crippen MR) is 101 cm³/mol. The van der Waals surface area contributed by atoms with Crippen LogP contribution in [0.25, 0.3) is 11.5 Å². The summed E-state index contributed by atoms with van der Waals surface area (Å²) in [6.45, 7) is 6.35. The summed E-state index contributed by atoms with van der Waals surface area (Å²) in [6, 6.07) is 6.03. The molecule has 0 aliphatic carbocycles. The molecule has 0 N–H and O–H groups in total. The molecule has 1 saturated heterocycles. The molecule has 0 radical (unpaired) electrons. The number of amides is 1. The van der Waals surface area contributed by atoms with Crippen LogP contribution in [0.4, 0.5) is 0 Å². The van der Waals surface area contributed by atoms with Crippen molar-refractivity contribution in [3.8, 4) is 23.0 Å². The third-order valence-electron chi connectivity index (χ3n) is 5.10. The number of nitrogens with zero attached hydrogens (tertiary/aromatic N) is 3. The smallest absolute Gasteiger partial charge is 0.277 e. The second kappa shape index (κ2) is 7.42. The Bertz CT molecular complexity index is 830. The lowest BCUT2D eigenvalue weighted by Gasteiger charge is -2.40. The lowest BCUT2D eigenvalue weighted by molar-refractivity contribution is -0.136. The van der Waals surface area contributed by atoms with E-state index in [-0.39, 0.29) is 30.0 Å². The molecule has 2 aliphatic rings. The minimum absolute atomic E-state index is 0.127. The predicted octanol–water partition coefficient (Wildman–Crippen LogP) is 3.74. The minimum atomic E-state index is -0.280. The summed E-state index contributed by atoms with van der Waals surface area (Å²) in [5, 5.41) is 8.31. The molecule has 3 atom stereocenters. The first-order chi connectivity index (χ1) is 13.0. The molecule has 8 heteroatoms. The van der Waals surface area contributed by atoms with E-state index in [1.165, 1.54) is 18.2 Å². The molecule has 2 aliphatic heterocycles. The van der Waals surface area contributed by atoms with Gasteiger partial charge in [-0.05, 0) is 58.2 Å². The SMILES string of the molecule is C[C@@H]1CCC[C@@H](C)N1C(=O)[C@@H](C)Sc1nnc(-c2ccc3c(c2)OCO3)o1. The molecule has 1 fully saturated rings. The molecule has 0 saturated carbocycles. The van der Waals surface area contributed by atoms with Gasteiger partial charge in [0.05, 0.1) is 5.25 Å². The molecular weight excluding hydrogens is 366 g/mol. The van der Waals surface area contributed by atoms with Crippen LogP contribution in [0.2, 0.25) is 0 Å². The lowest BCUT2D eigenvalue weighted by atomic mass is 9.97. The van der Waals surface area contributed by atoms with E-state index in [0.29, 0.717) is 22.6 Å². The van der Waals surface area contributed by atoms with E-state index in [0.717, 1.165) is 18.4 Å². The summed E-state index contributed by atoms with van der Waals surface area (Å²) < 4.78 is 16.5. The molecule has 0 spiro atoms. The number of hydrogen-bond acceptors (Lipinski definition) is 7. The number of piperidine rings is 1. The first kappa shape index (κ1) is 18.2. The number of hydrogen-bond donors (Lipinski definition) is 0. The summed E-state index contributed by atoms with van der Waals surface area (Å²) in [4.78, 5) is 14.9. The number of benzene rings is 1. The van der Waals surface area contributed by atoms with Crippen molar-refractivity contribution in [3.63, 3.8) is 0 Å². The Morgan fingerprint density at radius 3 is 2.70 bits per heavy atom. The van der Waals surface area contributed by atoms with Crippen molar-refractivity contribution in [2.45, 2.75) is 62.6 Å². The maximum atomic E-state index is 12.9. The molecule has 27 heavy (non-hydrogen) atoms. The van der Waals surface area contributed by atoms with Crippen molar-refractivity contribution < 1.29 is 18.7 Å². The first-order valence-corrected chi connectivity index (χ1v) is 10.1. The fraction of sp³-hybridized carbons (Fsp3) is 0.526. The third kappa shape index (κ3) is 3.63. The van der Waals surface area contributed by atoms with Gasteiger partial charge in [0.25, 0.3) is 5.22 Å². The number of ether oxygens (including phenoxy) is 2. The summed E-state index contributed by atoms with van der Waals surface area (Å²) in [5.74, 6) is 1.89. The topological polar surface area (TPSA) is 77.7 Å². The number of carbonyl (C=O) groups excluding carboxylic acids is 1. The van der Waals surface area contributed by atoms with Gasteiger partial charge in [-0.3, -0.25) is 4.79 Å². The average molecular weight is 389 g/mol. The average Bonchev–Trinajstić information content (AvgIpc) is 3.29. The van der Waals surface area contributed by atoms with Gasteiger partial charge in [-0.25, -0.2) is 0 Å². The zero-order chi connectivity index (χ0) is 19.0. The molecule has 1 amide bonds. The van der Waals surface area contributed by atoms with Crippen LogP contribution >= 0.6 is 11.8 Å². The van der Waals surface area contributed by atoms with E-state index < -0.39 is 0 Å². The first-order valence-electron chi connectivity index (χ1n) is 9.25. The fourth-order valence-electron chi connectivity index (χ4n) is 3.67. The van der Waals surface area contributed by atoms with E-state index in [1.807, 2.05) is 30.0 Å². The van der Waals surface area contributed by atoms with E-state index in [2.05, 4.69) is 24.0 Å². The Kier molecular flexibility index (Phi) is 4.99. The van der Waals surface area contributed by atoms with E-state index in [9.17, 15) is 4.79 Å². The van der Waals surface area contributed by atoms with Gasteiger partial charge in [0, 0.05) is 17.6 Å². The van der Waals surface area contributed by atoms with Crippen LogP contribution in [-0.2, 0) is 4.79 Å². The zero-order valence-electron chi connectivity index (χ0n) is 15.7. The molecule has 2 aromatic rings. The number of aromatic nitrogens is 2. The van der Waals surface area contributed by atoms with Crippen molar-refractivity contribution in [2.24, 2.45) is 0 Å². The quantitative estimate of drug-likeness (QED) is 0.737. The minimum Gasteiger partial charge on any atom is -0.454 e. The summed E-state index contributed by atoms with van der Waals surface area (Å²) in [6.07, 6.45) is 3.29. The van der Waals surface area contributed by atoms with Gasteiger partial charge in [0.2, 0.25) is 18.6 Å². The van der Waals surface area contributed by atoms with Crippen LogP contribution in [0.15, 0.2) is 27.8 Å². The Morgan fingerprint density at radius 2 is 1.93 bits per heavy atom. The van der Waals surface area contributed by atoms with E-state index in [1.54, 1.807) is 0 Å². The highest BCUT2D eigenvalue weighted by Gasteiger charge is 2.32. The standard InChI is InChI=1S/C19H23N3O4S/c1-11-5-4-6-12(2)22(11)18(23)13(3)27-19-21-20-17(26-19)14-7-8-15-16(9-14)25-10-24-15/h7-9,11-13H,4-6,10H2,1-3H3/t11-,12-,13-/m1/s1. The second-order valence-corrected chi connectivity index (χ2v) is 8.37.